The lowest BCUT2D eigenvalue weighted by Gasteiger charge is -2.18. The van der Waals surface area contributed by atoms with E-state index in [1.165, 1.54) is 0 Å². The van der Waals surface area contributed by atoms with Crippen LogP contribution in [0.3, 0.4) is 0 Å². The molecule has 2 aliphatic rings. The zero-order valence-electron chi connectivity index (χ0n) is 8.15. The van der Waals surface area contributed by atoms with E-state index in [0.29, 0.717) is 11.3 Å². The first-order valence-corrected chi connectivity index (χ1v) is 4.67. The van der Waals surface area contributed by atoms with Crippen molar-refractivity contribution in [2.24, 2.45) is 10.9 Å². The number of nitrogens with zero attached hydrogens (tertiary/aromatic N) is 1. The van der Waals surface area contributed by atoms with E-state index in [-0.39, 0.29) is 11.9 Å². The van der Waals surface area contributed by atoms with Crippen LogP contribution in [0, 0.1) is 0 Å². The van der Waals surface area contributed by atoms with Gasteiger partial charge in [0.05, 0.1) is 5.69 Å². The lowest BCUT2D eigenvalue weighted by Crippen LogP contribution is -2.47. The van der Waals surface area contributed by atoms with Gasteiger partial charge < -0.3 is 15.9 Å². The molecule has 1 aromatic rings. The minimum Gasteiger partial charge on any atom is -0.425 e. The summed E-state index contributed by atoms with van der Waals surface area (Å²) in [6, 6.07) is 7.32. The van der Waals surface area contributed by atoms with Gasteiger partial charge in [-0.25, -0.2) is 0 Å². The van der Waals surface area contributed by atoms with Crippen LogP contribution in [0.2, 0.25) is 0 Å². The number of hydrogen-bond donors (Lipinski definition) is 4. The molecule has 1 amide bonds. The maximum atomic E-state index is 11.9. The molecule has 0 aliphatic carbocycles. The Bertz CT molecular complexity index is 500. The Balaban J connectivity index is 2.12. The van der Waals surface area contributed by atoms with Gasteiger partial charge in [-0.15, -0.1) is 5.10 Å². The van der Waals surface area contributed by atoms with Gasteiger partial charge in [0, 0.05) is 5.56 Å². The van der Waals surface area contributed by atoms with E-state index in [1.54, 1.807) is 12.1 Å². The highest BCUT2D eigenvalue weighted by atomic mass is 16.6. The smallest absolute Gasteiger partial charge is 0.323 e. The summed E-state index contributed by atoms with van der Waals surface area (Å²) in [6.07, 6.45) is 0. The number of carbonyl (C=O) groups excluding carboxylic acids is 1. The van der Waals surface area contributed by atoms with Gasteiger partial charge in [0.25, 0.3) is 11.6 Å². The van der Waals surface area contributed by atoms with Crippen molar-refractivity contribution in [1.82, 2.24) is 10.9 Å². The largest absolute Gasteiger partial charge is 0.425 e. The third-order valence-corrected chi connectivity index (χ3v) is 2.59. The molecule has 2 aliphatic heterocycles. The molecule has 82 valence electrons. The average molecular weight is 219 g/mol. The summed E-state index contributed by atoms with van der Waals surface area (Å²) in [4.78, 5) is 11.9. The van der Waals surface area contributed by atoms with Crippen LogP contribution < -0.4 is 22.0 Å². The number of ether oxygens (including phenoxy) is 1. The quantitative estimate of drug-likeness (QED) is 0.336. The van der Waals surface area contributed by atoms with Crippen LogP contribution in [0.4, 0.5) is 5.69 Å². The number of amides is 1. The maximum Gasteiger partial charge on any atom is 0.323 e. The van der Waals surface area contributed by atoms with Crippen molar-refractivity contribution in [3.8, 4) is 0 Å². The summed E-state index contributed by atoms with van der Waals surface area (Å²) in [7, 11) is 0. The van der Waals surface area contributed by atoms with Crippen molar-refractivity contribution in [2.75, 3.05) is 5.32 Å². The highest BCUT2D eigenvalue weighted by molar-refractivity contribution is 6.06. The minimum absolute atomic E-state index is 0.0758. The van der Waals surface area contributed by atoms with Crippen LogP contribution in [0.25, 0.3) is 0 Å². The fourth-order valence-electron chi connectivity index (χ4n) is 1.85. The van der Waals surface area contributed by atoms with Crippen LogP contribution in [-0.2, 0) is 15.3 Å². The number of hydrogen-bond acceptors (Lipinski definition) is 5. The predicted molar refractivity (Wildman–Crippen MR) is 55.7 cm³/mol. The number of rotatable bonds is 0. The van der Waals surface area contributed by atoms with E-state index in [2.05, 4.69) is 21.3 Å². The van der Waals surface area contributed by atoms with Gasteiger partial charge in [-0.05, 0) is 6.07 Å². The highest BCUT2D eigenvalue weighted by Crippen LogP contribution is 2.37. The molecule has 0 bridgehead atoms. The summed E-state index contributed by atoms with van der Waals surface area (Å²) in [5, 5.41) is 6.07. The van der Waals surface area contributed by atoms with Gasteiger partial charge in [0.2, 0.25) is 0 Å². The van der Waals surface area contributed by atoms with Gasteiger partial charge in [-0.1, -0.05) is 18.2 Å². The molecular formula is C9H9N5O2. The first-order valence-electron chi connectivity index (χ1n) is 4.67. The summed E-state index contributed by atoms with van der Waals surface area (Å²) >= 11 is 0. The number of amidine groups is 1. The van der Waals surface area contributed by atoms with E-state index in [9.17, 15) is 4.79 Å². The Morgan fingerprint density at radius 2 is 2.19 bits per heavy atom. The molecular weight excluding hydrogens is 210 g/mol. The zero-order chi connectivity index (χ0) is 11.2. The number of para-hydroxylation sites is 1. The van der Waals surface area contributed by atoms with Crippen molar-refractivity contribution in [1.29, 1.82) is 0 Å². The van der Waals surface area contributed by atoms with Crippen LogP contribution in [0.1, 0.15) is 5.56 Å². The molecule has 1 unspecified atom stereocenters. The molecule has 7 heteroatoms. The second kappa shape index (κ2) is 2.86. The van der Waals surface area contributed by atoms with E-state index in [0.717, 1.165) is 0 Å². The Morgan fingerprint density at radius 1 is 1.38 bits per heavy atom. The number of hydrazine groups is 1. The molecule has 3 rings (SSSR count). The van der Waals surface area contributed by atoms with Gasteiger partial charge in [0.15, 0.2) is 0 Å². The summed E-state index contributed by atoms with van der Waals surface area (Å²) < 4.78 is 5.39. The minimum atomic E-state index is -1.27. The van der Waals surface area contributed by atoms with Crippen molar-refractivity contribution in [3.05, 3.63) is 29.8 Å². The van der Waals surface area contributed by atoms with Crippen molar-refractivity contribution in [2.45, 2.75) is 5.72 Å². The van der Waals surface area contributed by atoms with Crippen LogP contribution in [0.15, 0.2) is 29.4 Å². The van der Waals surface area contributed by atoms with E-state index in [4.69, 9.17) is 10.6 Å². The number of hydrazone groups is 1. The summed E-state index contributed by atoms with van der Waals surface area (Å²) in [5.41, 5.74) is 5.49. The van der Waals surface area contributed by atoms with Gasteiger partial charge in [-0.2, -0.15) is 5.43 Å². The number of anilines is 1. The molecule has 0 radical (unpaired) electrons. The standard InChI is InChI=1S/C9H9N5O2/c10-12-8-13-14-9(16-8)5-3-1-2-4-6(5)11-7(9)15/h1-4,14H,10H2,(H,11,15)(H,12,13). The number of benzene rings is 1. The SMILES string of the molecule is N/N=C1\NNC2(O1)C(=O)Nc1ccccc12. The van der Waals surface area contributed by atoms with Gasteiger partial charge >= 0.3 is 6.02 Å². The lowest BCUT2D eigenvalue weighted by molar-refractivity contribution is -0.132. The Morgan fingerprint density at radius 3 is 2.94 bits per heavy atom. The number of fused-ring (bicyclic) bond motifs is 2. The molecule has 1 spiro atoms. The second-order valence-corrected chi connectivity index (χ2v) is 3.47. The van der Waals surface area contributed by atoms with Crippen molar-refractivity contribution < 1.29 is 9.53 Å². The first kappa shape index (κ1) is 8.98. The van der Waals surface area contributed by atoms with Crippen LogP contribution >= 0.6 is 0 Å². The molecule has 0 aromatic heterocycles. The highest BCUT2D eigenvalue weighted by Gasteiger charge is 2.53. The van der Waals surface area contributed by atoms with Crippen LogP contribution in [0.5, 0.6) is 0 Å². The van der Waals surface area contributed by atoms with E-state index < -0.39 is 5.72 Å². The predicted octanol–water partition coefficient (Wildman–Crippen LogP) is -0.854. The number of carbonyl (C=O) groups is 1. The number of nitrogens with one attached hydrogen (secondary N) is 3. The second-order valence-electron chi connectivity index (χ2n) is 3.47. The Hall–Kier alpha value is -2.28. The van der Waals surface area contributed by atoms with Crippen LogP contribution in [-0.4, -0.2) is 11.9 Å². The third kappa shape index (κ3) is 0.947. The topological polar surface area (TPSA) is 101 Å². The summed E-state index contributed by atoms with van der Waals surface area (Å²) in [5.74, 6) is 4.77. The fourth-order valence-corrected chi connectivity index (χ4v) is 1.85. The van der Waals surface area contributed by atoms with Crippen molar-refractivity contribution in [3.63, 3.8) is 0 Å². The zero-order valence-corrected chi connectivity index (χ0v) is 8.15. The Labute approximate surface area is 90.6 Å². The molecule has 1 fully saturated rings. The van der Waals surface area contributed by atoms with Gasteiger partial charge in [-0.3, -0.25) is 10.2 Å². The molecule has 2 heterocycles. The first-order chi connectivity index (χ1) is 7.76. The van der Waals surface area contributed by atoms with Crippen molar-refractivity contribution >= 4 is 17.6 Å². The molecule has 16 heavy (non-hydrogen) atoms. The third-order valence-electron chi connectivity index (χ3n) is 2.59. The van der Waals surface area contributed by atoms with Gasteiger partial charge in [0.1, 0.15) is 0 Å². The van der Waals surface area contributed by atoms with E-state index in [1.807, 2.05) is 12.1 Å². The number of nitrogens with two attached hydrogens (primary N) is 1. The molecule has 1 saturated heterocycles. The monoisotopic (exact) mass is 219 g/mol. The maximum absolute atomic E-state index is 11.9. The average Bonchev–Trinajstić information content (AvgIpc) is 2.85. The fraction of sp³-hybridized carbons (Fsp3) is 0.111. The normalized spacial score (nSPS) is 28.8. The molecule has 0 saturated carbocycles. The molecule has 1 atom stereocenters. The summed E-state index contributed by atoms with van der Waals surface area (Å²) in [6.45, 7) is 0. The molecule has 5 N–H and O–H groups in total. The lowest BCUT2D eigenvalue weighted by atomic mass is 10.1. The van der Waals surface area contributed by atoms with E-state index >= 15 is 0 Å². The molecule has 1 aromatic carbocycles. The Kier molecular flexibility index (Phi) is 1.61. The molecule has 7 nitrogen and oxygen atoms in total.